The minimum atomic E-state index is -0.662. The van der Waals surface area contributed by atoms with Gasteiger partial charge in [0.25, 0.3) is 0 Å². The van der Waals surface area contributed by atoms with Gasteiger partial charge in [0, 0.05) is 23.5 Å². The lowest BCUT2D eigenvalue weighted by molar-refractivity contribution is -0.511. The second-order valence-electron chi connectivity index (χ2n) is 3.79. The molecule has 1 N–H and O–H groups in total. The number of rotatable bonds is 1. The van der Waals surface area contributed by atoms with Crippen LogP contribution in [0.5, 0.6) is 0 Å². The van der Waals surface area contributed by atoms with Crippen molar-refractivity contribution in [1.82, 2.24) is 5.32 Å². The molecule has 1 fully saturated rings. The van der Waals surface area contributed by atoms with E-state index in [4.69, 9.17) is 0 Å². The van der Waals surface area contributed by atoms with E-state index in [0.29, 0.717) is 18.5 Å². The number of carbonyl (C=O) groups excluding carboxylic acids is 1. The number of hydrogen-bond donors (Lipinski definition) is 1. The standard InChI is InChI=1S/C9H12N2O3/c12-9-8-5-7(11(13)14)2-1-6(8)3-4-10-9/h5-7H,1-4H2,(H,10,12). The summed E-state index contributed by atoms with van der Waals surface area (Å²) in [6, 6.07) is -0.662. The molecule has 0 aromatic heterocycles. The van der Waals surface area contributed by atoms with Crippen molar-refractivity contribution in [2.45, 2.75) is 25.3 Å². The van der Waals surface area contributed by atoms with Gasteiger partial charge in [-0.25, -0.2) is 0 Å². The second-order valence-corrected chi connectivity index (χ2v) is 3.79. The Morgan fingerprint density at radius 2 is 2.21 bits per heavy atom. The molecule has 5 heteroatoms. The van der Waals surface area contributed by atoms with E-state index in [9.17, 15) is 14.9 Å². The highest BCUT2D eigenvalue weighted by atomic mass is 16.6. The van der Waals surface area contributed by atoms with Gasteiger partial charge in [0.1, 0.15) is 0 Å². The summed E-state index contributed by atoms with van der Waals surface area (Å²) in [5, 5.41) is 13.3. The van der Waals surface area contributed by atoms with Crippen LogP contribution in [0, 0.1) is 16.0 Å². The van der Waals surface area contributed by atoms with Crippen LogP contribution in [0.4, 0.5) is 0 Å². The highest BCUT2D eigenvalue weighted by molar-refractivity contribution is 5.94. The van der Waals surface area contributed by atoms with Gasteiger partial charge in [-0.2, -0.15) is 0 Å². The first-order valence-electron chi connectivity index (χ1n) is 4.82. The molecule has 2 atom stereocenters. The van der Waals surface area contributed by atoms with E-state index < -0.39 is 6.04 Å². The van der Waals surface area contributed by atoms with E-state index >= 15 is 0 Å². The summed E-state index contributed by atoms with van der Waals surface area (Å²) in [7, 11) is 0. The summed E-state index contributed by atoms with van der Waals surface area (Å²) in [6.45, 7) is 0.698. The third-order valence-electron chi connectivity index (χ3n) is 2.93. The molecule has 0 aromatic carbocycles. The summed E-state index contributed by atoms with van der Waals surface area (Å²) >= 11 is 0. The van der Waals surface area contributed by atoms with E-state index in [2.05, 4.69) is 5.32 Å². The number of fused-ring (bicyclic) bond motifs is 1. The fourth-order valence-electron chi connectivity index (χ4n) is 2.14. The molecule has 1 aliphatic heterocycles. The zero-order chi connectivity index (χ0) is 10.1. The molecule has 1 heterocycles. The third kappa shape index (κ3) is 1.49. The second kappa shape index (κ2) is 3.40. The summed E-state index contributed by atoms with van der Waals surface area (Å²) in [4.78, 5) is 21.6. The molecule has 0 bridgehead atoms. The van der Waals surface area contributed by atoms with Gasteiger partial charge in [-0.1, -0.05) is 0 Å². The highest BCUT2D eigenvalue weighted by Gasteiger charge is 2.33. The van der Waals surface area contributed by atoms with Crippen molar-refractivity contribution in [2.75, 3.05) is 6.54 Å². The van der Waals surface area contributed by atoms with Crippen molar-refractivity contribution in [3.63, 3.8) is 0 Å². The van der Waals surface area contributed by atoms with Gasteiger partial charge >= 0.3 is 0 Å². The first-order chi connectivity index (χ1) is 6.68. The molecule has 2 aliphatic rings. The molecular weight excluding hydrogens is 184 g/mol. The van der Waals surface area contributed by atoms with Crippen molar-refractivity contribution in [2.24, 2.45) is 5.92 Å². The summed E-state index contributed by atoms with van der Waals surface area (Å²) in [6.07, 6.45) is 3.78. The number of nitrogens with zero attached hydrogens (tertiary/aromatic N) is 1. The molecule has 0 radical (unpaired) electrons. The minimum absolute atomic E-state index is 0.118. The fourth-order valence-corrected chi connectivity index (χ4v) is 2.14. The molecule has 0 aromatic rings. The van der Waals surface area contributed by atoms with Crippen molar-refractivity contribution in [3.05, 3.63) is 21.8 Å². The Labute approximate surface area is 81.3 Å². The summed E-state index contributed by atoms with van der Waals surface area (Å²) < 4.78 is 0. The largest absolute Gasteiger partial charge is 0.352 e. The predicted molar refractivity (Wildman–Crippen MR) is 49.2 cm³/mol. The van der Waals surface area contributed by atoms with Crippen LogP contribution in [0.1, 0.15) is 19.3 Å². The zero-order valence-corrected chi connectivity index (χ0v) is 7.73. The van der Waals surface area contributed by atoms with Gasteiger partial charge in [-0.3, -0.25) is 14.9 Å². The van der Waals surface area contributed by atoms with E-state index in [-0.39, 0.29) is 16.7 Å². The fraction of sp³-hybridized carbons (Fsp3) is 0.667. The number of carbonyl (C=O) groups is 1. The first-order valence-corrected chi connectivity index (χ1v) is 4.82. The smallest absolute Gasteiger partial charge is 0.247 e. The molecule has 5 nitrogen and oxygen atoms in total. The van der Waals surface area contributed by atoms with E-state index in [1.54, 1.807) is 0 Å². The van der Waals surface area contributed by atoms with Gasteiger partial charge in [-0.05, 0) is 24.8 Å². The van der Waals surface area contributed by atoms with Crippen LogP contribution in [-0.4, -0.2) is 23.4 Å². The van der Waals surface area contributed by atoms with Crippen molar-refractivity contribution < 1.29 is 9.72 Å². The van der Waals surface area contributed by atoms with Gasteiger partial charge < -0.3 is 5.32 Å². The maximum absolute atomic E-state index is 11.4. The topological polar surface area (TPSA) is 72.2 Å². The SMILES string of the molecule is O=C1NCCC2CCC([N+](=O)[O-])C=C12. The lowest BCUT2D eigenvalue weighted by Crippen LogP contribution is -2.39. The minimum Gasteiger partial charge on any atom is -0.352 e. The van der Waals surface area contributed by atoms with Crippen LogP contribution in [-0.2, 0) is 4.79 Å². The lowest BCUT2D eigenvalue weighted by Gasteiger charge is -2.28. The molecule has 1 saturated heterocycles. The van der Waals surface area contributed by atoms with Crippen LogP contribution in [0.3, 0.4) is 0 Å². The molecule has 1 aliphatic carbocycles. The zero-order valence-electron chi connectivity index (χ0n) is 7.73. The van der Waals surface area contributed by atoms with Crippen LogP contribution < -0.4 is 5.32 Å². The Morgan fingerprint density at radius 3 is 2.93 bits per heavy atom. The Bertz CT molecular complexity index is 311. The number of hydrogen-bond acceptors (Lipinski definition) is 3. The molecule has 0 saturated carbocycles. The van der Waals surface area contributed by atoms with Gasteiger partial charge in [0.15, 0.2) is 0 Å². The van der Waals surface area contributed by atoms with Crippen LogP contribution in [0.2, 0.25) is 0 Å². The number of nitro groups is 1. The van der Waals surface area contributed by atoms with E-state index in [0.717, 1.165) is 12.8 Å². The van der Waals surface area contributed by atoms with Crippen LogP contribution >= 0.6 is 0 Å². The molecule has 1 amide bonds. The Morgan fingerprint density at radius 1 is 1.43 bits per heavy atom. The third-order valence-corrected chi connectivity index (χ3v) is 2.93. The van der Waals surface area contributed by atoms with Gasteiger partial charge in [-0.15, -0.1) is 0 Å². The molecule has 2 rings (SSSR count). The highest BCUT2D eigenvalue weighted by Crippen LogP contribution is 2.30. The van der Waals surface area contributed by atoms with Crippen LogP contribution in [0.15, 0.2) is 11.6 Å². The summed E-state index contributed by atoms with van der Waals surface area (Å²) in [5.74, 6) is 0.132. The summed E-state index contributed by atoms with van der Waals surface area (Å²) in [5.41, 5.74) is 0.629. The number of nitrogens with one attached hydrogen (secondary N) is 1. The maximum atomic E-state index is 11.4. The average Bonchev–Trinajstić information content (AvgIpc) is 2.18. The van der Waals surface area contributed by atoms with Crippen molar-refractivity contribution >= 4 is 5.91 Å². The lowest BCUT2D eigenvalue weighted by atomic mass is 9.81. The molecule has 0 spiro atoms. The number of piperidine rings is 1. The Balaban J connectivity index is 2.23. The average molecular weight is 196 g/mol. The van der Waals surface area contributed by atoms with E-state index in [1.807, 2.05) is 0 Å². The molecule has 76 valence electrons. The normalized spacial score (nSPS) is 31.4. The number of amides is 1. The van der Waals surface area contributed by atoms with Crippen LogP contribution in [0.25, 0.3) is 0 Å². The molecular formula is C9H12N2O3. The predicted octanol–water partition coefficient (Wildman–Crippen LogP) is 0.488. The maximum Gasteiger partial charge on any atom is 0.247 e. The first kappa shape index (κ1) is 9.18. The van der Waals surface area contributed by atoms with Gasteiger partial charge in [0.05, 0.1) is 0 Å². The quantitative estimate of drug-likeness (QED) is 0.490. The molecule has 2 unspecified atom stereocenters. The molecule has 14 heavy (non-hydrogen) atoms. The van der Waals surface area contributed by atoms with Crippen molar-refractivity contribution in [3.8, 4) is 0 Å². The van der Waals surface area contributed by atoms with Gasteiger partial charge in [0.2, 0.25) is 11.9 Å². The Kier molecular flexibility index (Phi) is 2.23. The Hall–Kier alpha value is -1.39. The van der Waals surface area contributed by atoms with E-state index in [1.165, 1.54) is 6.08 Å². The monoisotopic (exact) mass is 196 g/mol. The van der Waals surface area contributed by atoms with Crippen molar-refractivity contribution in [1.29, 1.82) is 0 Å².